The van der Waals surface area contributed by atoms with Crippen LogP contribution in [0.25, 0.3) is 0 Å². The third-order valence-corrected chi connectivity index (χ3v) is 3.49. The fraction of sp³-hybridized carbons (Fsp3) is 0.833. The third kappa shape index (κ3) is 2.53. The van der Waals surface area contributed by atoms with Crippen LogP contribution in [0.2, 0.25) is 0 Å². The smallest absolute Gasteiger partial charge is 0.229 e. The highest BCUT2D eigenvalue weighted by Crippen LogP contribution is 2.31. The fourth-order valence-corrected chi connectivity index (χ4v) is 2.32. The van der Waals surface area contributed by atoms with Crippen molar-refractivity contribution in [1.29, 1.82) is 5.26 Å². The Kier molecular flexibility index (Phi) is 4.31. The van der Waals surface area contributed by atoms with E-state index in [2.05, 4.69) is 18.3 Å². The number of hydrogen-bond donors (Lipinski definition) is 1. The number of carbonyl (C=O) groups excluding carboxylic acids is 1. The minimum atomic E-state index is -0.232. The second-order valence-electron chi connectivity index (χ2n) is 4.78. The van der Waals surface area contributed by atoms with Gasteiger partial charge >= 0.3 is 0 Å². The third-order valence-electron chi connectivity index (χ3n) is 3.49. The molecule has 0 aromatic heterocycles. The molecule has 0 saturated carbocycles. The molecule has 0 bridgehead atoms. The molecule has 0 aromatic rings. The van der Waals surface area contributed by atoms with Crippen LogP contribution in [0.1, 0.15) is 26.7 Å². The van der Waals surface area contributed by atoms with Gasteiger partial charge in [-0.05, 0) is 26.3 Å². The highest BCUT2D eigenvalue weighted by Gasteiger charge is 2.41. The van der Waals surface area contributed by atoms with Crippen LogP contribution in [0.15, 0.2) is 0 Å². The number of rotatable bonds is 4. The zero-order valence-electron chi connectivity index (χ0n) is 10.4. The van der Waals surface area contributed by atoms with Crippen LogP contribution >= 0.6 is 0 Å². The lowest BCUT2D eigenvalue weighted by atomic mass is 9.82. The van der Waals surface area contributed by atoms with E-state index in [1.165, 1.54) is 0 Å². The zero-order chi connectivity index (χ0) is 12.2. The normalized spacial score (nSPS) is 26.1. The van der Waals surface area contributed by atoms with Crippen molar-refractivity contribution in [3.8, 4) is 6.07 Å². The van der Waals surface area contributed by atoms with Gasteiger partial charge in [0.2, 0.25) is 5.91 Å². The van der Waals surface area contributed by atoms with Gasteiger partial charge in [-0.1, -0.05) is 6.92 Å². The number of amides is 1. The molecule has 2 atom stereocenters. The van der Waals surface area contributed by atoms with Gasteiger partial charge in [-0.25, -0.2) is 0 Å². The second kappa shape index (κ2) is 5.31. The standard InChI is InChI=1S/C12H21N3O/c1-4-12(5-6-14-9-12)11(16)15(3)8-10(2)7-13/h10,14H,4-6,8-9H2,1-3H3. The summed E-state index contributed by atoms with van der Waals surface area (Å²) in [7, 11) is 1.80. The lowest BCUT2D eigenvalue weighted by Gasteiger charge is -2.31. The van der Waals surface area contributed by atoms with Crippen molar-refractivity contribution in [2.75, 3.05) is 26.7 Å². The first-order valence-corrected chi connectivity index (χ1v) is 5.91. The van der Waals surface area contributed by atoms with Crippen molar-refractivity contribution in [2.24, 2.45) is 11.3 Å². The molecule has 1 rings (SSSR count). The molecule has 16 heavy (non-hydrogen) atoms. The fourth-order valence-electron chi connectivity index (χ4n) is 2.32. The Morgan fingerprint density at radius 3 is 2.81 bits per heavy atom. The molecule has 1 heterocycles. The summed E-state index contributed by atoms with van der Waals surface area (Å²) < 4.78 is 0. The van der Waals surface area contributed by atoms with Gasteiger partial charge in [0.05, 0.1) is 17.4 Å². The van der Waals surface area contributed by atoms with Gasteiger partial charge in [0.15, 0.2) is 0 Å². The molecule has 2 unspecified atom stereocenters. The van der Waals surface area contributed by atoms with Crippen molar-refractivity contribution in [3.05, 3.63) is 0 Å². The van der Waals surface area contributed by atoms with E-state index in [-0.39, 0.29) is 17.2 Å². The SMILES string of the molecule is CCC1(C(=O)N(C)CC(C)C#N)CCNC1. The Morgan fingerprint density at radius 1 is 1.69 bits per heavy atom. The summed E-state index contributed by atoms with van der Waals surface area (Å²) in [5.74, 6) is 0.0827. The monoisotopic (exact) mass is 223 g/mol. The van der Waals surface area contributed by atoms with Gasteiger partial charge < -0.3 is 10.2 Å². The molecule has 1 amide bonds. The van der Waals surface area contributed by atoms with Crippen LogP contribution in [0.4, 0.5) is 0 Å². The van der Waals surface area contributed by atoms with E-state index in [1.54, 1.807) is 11.9 Å². The van der Waals surface area contributed by atoms with E-state index in [0.717, 1.165) is 25.9 Å². The van der Waals surface area contributed by atoms with Gasteiger partial charge in [-0.2, -0.15) is 5.26 Å². The first-order chi connectivity index (χ1) is 7.55. The molecule has 1 N–H and O–H groups in total. The molecule has 4 heteroatoms. The summed E-state index contributed by atoms with van der Waals surface area (Å²) in [4.78, 5) is 14.0. The molecule has 0 aliphatic carbocycles. The van der Waals surface area contributed by atoms with Crippen LogP contribution < -0.4 is 5.32 Å². The van der Waals surface area contributed by atoms with Crippen LogP contribution in [0, 0.1) is 22.7 Å². The van der Waals surface area contributed by atoms with Crippen molar-refractivity contribution in [2.45, 2.75) is 26.7 Å². The van der Waals surface area contributed by atoms with Crippen molar-refractivity contribution in [1.82, 2.24) is 10.2 Å². The number of carbonyl (C=O) groups is 1. The topological polar surface area (TPSA) is 56.1 Å². The minimum absolute atomic E-state index is 0.0998. The number of nitrogens with one attached hydrogen (secondary N) is 1. The van der Waals surface area contributed by atoms with Crippen LogP contribution in [-0.4, -0.2) is 37.5 Å². The van der Waals surface area contributed by atoms with E-state index in [9.17, 15) is 4.79 Å². The second-order valence-corrected chi connectivity index (χ2v) is 4.78. The molecule has 4 nitrogen and oxygen atoms in total. The summed E-state index contributed by atoms with van der Waals surface area (Å²) in [6, 6.07) is 2.16. The molecule has 1 aliphatic rings. The number of hydrogen-bond acceptors (Lipinski definition) is 3. The number of nitrogens with zero attached hydrogens (tertiary/aromatic N) is 2. The van der Waals surface area contributed by atoms with Gasteiger partial charge in [0, 0.05) is 20.1 Å². The quantitative estimate of drug-likeness (QED) is 0.773. The molecule has 1 aliphatic heterocycles. The van der Waals surface area contributed by atoms with Crippen molar-refractivity contribution in [3.63, 3.8) is 0 Å². The molecule has 0 radical (unpaired) electrons. The first kappa shape index (κ1) is 13.0. The lowest BCUT2D eigenvalue weighted by molar-refractivity contribution is -0.140. The van der Waals surface area contributed by atoms with Gasteiger partial charge in [-0.15, -0.1) is 0 Å². The van der Waals surface area contributed by atoms with E-state index >= 15 is 0 Å². The van der Waals surface area contributed by atoms with E-state index < -0.39 is 0 Å². The maximum atomic E-state index is 12.3. The molecule has 0 aromatic carbocycles. The average Bonchev–Trinajstić information content (AvgIpc) is 2.77. The average molecular weight is 223 g/mol. The molecule has 1 saturated heterocycles. The zero-order valence-corrected chi connectivity index (χ0v) is 10.4. The summed E-state index contributed by atoms with van der Waals surface area (Å²) in [6.07, 6.45) is 1.78. The van der Waals surface area contributed by atoms with E-state index in [0.29, 0.717) is 6.54 Å². The minimum Gasteiger partial charge on any atom is -0.344 e. The molecule has 90 valence electrons. The van der Waals surface area contributed by atoms with Crippen LogP contribution in [0.3, 0.4) is 0 Å². The maximum Gasteiger partial charge on any atom is 0.229 e. The lowest BCUT2D eigenvalue weighted by Crippen LogP contribution is -2.44. The highest BCUT2D eigenvalue weighted by atomic mass is 16.2. The highest BCUT2D eigenvalue weighted by molar-refractivity contribution is 5.83. The van der Waals surface area contributed by atoms with Crippen molar-refractivity contribution < 1.29 is 4.79 Å². The van der Waals surface area contributed by atoms with Gasteiger partial charge in [-0.3, -0.25) is 4.79 Å². The van der Waals surface area contributed by atoms with Gasteiger partial charge in [0.25, 0.3) is 0 Å². The summed E-state index contributed by atoms with van der Waals surface area (Å²) in [5, 5.41) is 12.0. The first-order valence-electron chi connectivity index (χ1n) is 5.91. The molecule has 1 fully saturated rings. The summed E-state index contributed by atoms with van der Waals surface area (Å²) in [5.41, 5.74) is -0.232. The number of nitriles is 1. The summed E-state index contributed by atoms with van der Waals surface area (Å²) >= 11 is 0. The predicted molar refractivity (Wildman–Crippen MR) is 62.6 cm³/mol. The Morgan fingerprint density at radius 2 is 2.38 bits per heavy atom. The van der Waals surface area contributed by atoms with Crippen LogP contribution in [-0.2, 0) is 4.79 Å². The van der Waals surface area contributed by atoms with E-state index in [4.69, 9.17) is 5.26 Å². The largest absolute Gasteiger partial charge is 0.344 e. The molecule has 0 spiro atoms. The maximum absolute atomic E-state index is 12.3. The van der Waals surface area contributed by atoms with Gasteiger partial charge in [0.1, 0.15) is 0 Å². The van der Waals surface area contributed by atoms with Crippen molar-refractivity contribution >= 4 is 5.91 Å². The Hall–Kier alpha value is -1.08. The van der Waals surface area contributed by atoms with Crippen LogP contribution in [0.5, 0.6) is 0 Å². The Balaban J connectivity index is 2.65. The Labute approximate surface area is 97.6 Å². The summed E-state index contributed by atoms with van der Waals surface area (Å²) in [6.45, 7) is 6.12. The molecular formula is C12H21N3O. The predicted octanol–water partition coefficient (Wildman–Crippen LogP) is 0.994. The Bertz CT molecular complexity index is 289. The van der Waals surface area contributed by atoms with E-state index in [1.807, 2.05) is 6.92 Å². The molecular weight excluding hydrogens is 202 g/mol.